The number of nitrogens with zero attached hydrogens (tertiary/aromatic N) is 3. The number of aromatic nitrogens is 2. The molecule has 0 aliphatic heterocycles. The number of rotatable bonds is 7. The maximum Gasteiger partial charge on any atom is 0.313 e. The molecule has 1 heterocycles. The minimum absolute atomic E-state index is 0.158. The summed E-state index contributed by atoms with van der Waals surface area (Å²) in [4.78, 5) is 22.0. The Bertz CT molecular complexity index is 482. The van der Waals surface area contributed by atoms with E-state index in [1.807, 2.05) is 13.8 Å². The molecule has 1 aromatic heterocycles. The largest absolute Gasteiger partial charge is 0.481 e. The molecule has 7 nitrogen and oxygen atoms in total. The van der Waals surface area contributed by atoms with Crippen LogP contribution in [-0.2, 0) is 11.3 Å². The molecule has 0 aliphatic carbocycles. The second-order valence-electron chi connectivity index (χ2n) is 4.48. The van der Waals surface area contributed by atoms with Crippen LogP contribution in [-0.4, -0.2) is 25.8 Å². The number of aliphatic carboxylic acids is 1. The zero-order valence-corrected chi connectivity index (χ0v) is 11.4. The van der Waals surface area contributed by atoms with Crippen molar-refractivity contribution < 1.29 is 14.8 Å². The van der Waals surface area contributed by atoms with Crippen molar-refractivity contribution >= 4 is 11.7 Å². The maximum absolute atomic E-state index is 11.4. The average molecular weight is 269 g/mol. The van der Waals surface area contributed by atoms with Crippen LogP contribution in [0.15, 0.2) is 0 Å². The zero-order valence-electron chi connectivity index (χ0n) is 11.4. The van der Waals surface area contributed by atoms with Crippen molar-refractivity contribution in [3.63, 3.8) is 0 Å². The van der Waals surface area contributed by atoms with Gasteiger partial charge in [-0.3, -0.25) is 19.6 Å². The summed E-state index contributed by atoms with van der Waals surface area (Å²) in [7, 11) is 0. The van der Waals surface area contributed by atoms with Gasteiger partial charge in [-0.2, -0.15) is 5.10 Å². The highest BCUT2D eigenvalue weighted by atomic mass is 16.6. The Balaban J connectivity index is 3.41. The van der Waals surface area contributed by atoms with Crippen molar-refractivity contribution in [1.82, 2.24) is 9.78 Å². The van der Waals surface area contributed by atoms with Crippen molar-refractivity contribution in [3.05, 3.63) is 21.5 Å². The number of hydrogen-bond donors (Lipinski definition) is 1. The SMILES string of the molecule is CCCC(C(=O)O)c1c([N+](=O)[O-])c(C)nn1CCC. The highest BCUT2D eigenvalue weighted by Gasteiger charge is 2.34. The monoisotopic (exact) mass is 269 g/mol. The molecule has 1 aromatic rings. The number of carboxylic acids is 1. The van der Waals surface area contributed by atoms with Gasteiger partial charge in [-0.1, -0.05) is 20.3 Å². The van der Waals surface area contributed by atoms with Gasteiger partial charge < -0.3 is 5.11 Å². The lowest BCUT2D eigenvalue weighted by Crippen LogP contribution is -2.18. The van der Waals surface area contributed by atoms with E-state index in [9.17, 15) is 20.0 Å². The number of hydrogen-bond acceptors (Lipinski definition) is 4. The molecule has 0 amide bonds. The second-order valence-corrected chi connectivity index (χ2v) is 4.48. The van der Waals surface area contributed by atoms with Gasteiger partial charge in [0.05, 0.1) is 4.92 Å². The first-order valence-corrected chi connectivity index (χ1v) is 6.38. The molecule has 0 bridgehead atoms. The molecule has 0 aliphatic rings. The Labute approximate surface area is 111 Å². The van der Waals surface area contributed by atoms with E-state index in [0.29, 0.717) is 19.4 Å². The minimum Gasteiger partial charge on any atom is -0.481 e. The van der Waals surface area contributed by atoms with E-state index in [-0.39, 0.29) is 17.1 Å². The van der Waals surface area contributed by atoms with Gasteiger partial charge in [-0.05, 0) is 19.8 Å². The van der Waals surface area contributed by atoms with Gasteiger partial charge >= 0.3 is 11.7 Å². The lowest BCUT2D eigenvalue weighted by molar-refractivity contribution is -0.386. The Hall–Kier alpha value is -1.92. The lowest BCUT2D eigenvalue weighted by Gasteiger charge is -2.12. The van der Waals surface area contributed by atoms with Gasteiger partial charge in [0.2, 0.25) is 0 Å². The van der Waals surface area contributed by atoms with Crippen molar-refractivity contribution in [1.29, 1.82) is 0 Å². The van der Waals surface area contributed by atoms with E-state index in [4.69, 9.17) is 0 Å². The smallest absolute Gasteiger partial charge is 0.313 e. The highest BCUT2D eigenvalue weighted by Crippen LogP contribution is 2.33. The normalized spacial score (nSPS) is 12.4. The summed E-state index contributed by atoms with van der Waals surface area (Å²) in [6.45, 7) is 5.80. The van der Waals surface area contributed by atoms with E-state index in [1.54, 1.807) is 6.92 Å². The van der Waals surface area contributed by atoms with Crippen molar-refractivity contribution in [2.75, 3.05) is 0 Å². The molecule has 0 radical (unpaired) electrons. The number of nitro groups is 1. The fraction of sp³-hybridized carbons (Fsp3) is 0.667. The lowest BCUT2D eigenvalue weighted by atomic mass is 9.98. The standard InChI is InChI=1S/C12H19N3O4/c1-4-6-9(12(16)17)11-10(15(18)19)8(3)13-14(11)7-5-2/h9H,4-7H2,1-3H3,(H,16,17). The van der Waals surface area contributed by atoms with Crippen LogP contribution in [0, 0.1) is 17.0 Å². The molecule has 19 heavy (non-hydrogen) atoms. The summed E-state index contributed by atoms with van der Waals surface area (Å²) in [5, 5.41) is 24.6. The van der Waals surface area contributed by atoms with Gasteiger partial charge in [0.15, 0.2) is 0 Å². The summed E-state index contributed by atoms with van der Waals surface area (Å²) in [6, 6.07) is 0. The molecule has 0 spiro atoms. The number of aryl methyl sites for hydroxylation is 2. The van der Waals surface area contributed by atoms with Crippen molar-refractivity contribution in [2.45, 2.75) is 52.5 Å². The summed E-state index contributed by atoms with van der Waals surface area (Å²) in [6.07, 6.45) is 1.75. The molecule has 1 atom stereocenters. The van der Waals surface area contributed by atoms with Crippen LogP contribution < -0.4 is 0 Å². The Morgan fingerprint density at radius 2 is 2.11 bits per heavy atom. The van der Waals surface area contributed by atoms with Gasteiger partial charge in [0, 0.05) is 6.54 Å². The molecule has 0 saturated heterocycles. The molecule has 1 unspecified atom stereocenters. The Kier molecular flexibility index (Phi) is 5.02. The van der Waals surface area contributed by atoms with E-state index in [1.165, 1.54) is 4.68 Å². The fourth-order valence-corrected chi connectivity index (χ4v) is 2.21. The molecular weight excluding hydrogens is 250 g/mol. The van der Waals surface area contributed by atoms with Crippen LogP contribution in [0.5, 0.6) is 0 Å². The Morgan fingerprint density at radius 3 is 2.53 bits per heavy atom. The van der Waals surface area contributed by atoms with Crippen LogP contribution in [0.25, 0.3) is 0 Å². The van der Waals surface area contributed by atoms with E-state index in [2.05, 4.69) is 5.10 Å². The van der Waals surface area contributed by atoms with E-state index >= 15 is 0 Å². The van der Waals surface area contributed by atoms with Gasteiger partial charge in [0.25, 0.3) is 0 Å². The number of carbonyl (C=O) groups is 1. The molecule has 1 N–H and O–H groups in total. The maximum atomic E-state index is 11.4. The summed E-state index contributed by atoms with van der Waals surface area (Å²) >= 11 is 0. The van der Waals surface area contributed by atoms with Gasteiger partial charge in [-0.15, -0.1) is 0 Å². The molecule has 1 rings (SSSR count). The highest BCUT2D eigenvalue weighted by molar-refractivity contribution is 5.77. The van der Waals surface area contributed by atoms with Crippen LogP contribution in [0.3, 0.4) is 0 Å². The third-order valence-corrected chi connectivity index (χ3v) is 2.96. The topological polar surface area (TPSA) is 98.3 Å². The van der Waals surface area contributed by atoms with Crippen LogP contribution in [0.1, 0.15) is 50.4 Å². The van der Waals surface area contributed by atoms with E-state index < -0.39 is 16.8 Å². The average Bonchev–Trinajstić information content (AvgIpc) is 2.62. The minimum atomic E-state index is -1.04. The molecule has 0 aromatic carbocycles. The van der Waals surface area contributed by atoms with Crippen molar-refractivity contribution in [2.24, 2.45) is 0 Å². The first-order chi connectivity index (χ1) is 8.93. The second kappa shape index (κ2) is 6.31. The van der Waals surface area contributed by atoms with E-state index in [0.717, 1.165) is 6.42 Å². The van der Waals surface area contributed by atoms with Crippen molar-refractivity contribution in [3.8, 4) is 0 Å². The van der Waals surface area contributed by atoms with Crippen LogP contribution in [0.4, 0.5) is 5.69 Å². The third-order valence-electron chi connectivity index (χ3n) is 2.96. The zero-order chi connectivity index (χ0) is 14.6. The fourth-order valence-electron chi connectivity index (χ4n) is 2.21. The number of carboxylic acid groups (broad SMARTS) is 1. The van der Waals surface area contributed by atoms with Crippen LogP contribution in [0.2, 0.25) is 0 Å². The quantitative estimate of drug-likeness (QED) is 0.605. The summed E-state index contributed by atoms with van der Waals surface area (Å²) in [5.41, 5.74) is 0.337. The van der Waals surface area contributed by atoms with Gasteiger partial charge in [0.1, 0.15) is 17.3 Å². The third kappa shape index (κ3) is 3.10. The first kappa shape index (κ1) is 15.1. The molecule has 106 valence electrons. The van der Waals surface area contributed by atoms with Crippen LogP contribution >= 0.6 is 0 Å². The predicted octanol–water partition coefficient (Wildman–Crippen LogP) is 2.48. The summed E-state index contributed by atoms with van der Waals surface area (Å²) < 4.78 is 1.47. The molecule has 0 saturated carbocycles. The first-order valence-electron chi connectivity index (χ1n) is 6.38. The Morgan fingerprint density at radius 1 is 1.47 bits per heavy atom. The predicted molar refractivity (Wildman–Crippen MR) is 69.2 cm³/mol. The summed E-state index contributed by atoms with van der Waals surface area (Å²) in [5.74, 6) is -1.92. The van der Waals surface area contributed by atoms with Gasteiger partial charge in [-0.25, -0.2) is 0 Å². The molecule has 0 fully saturated rings. The molecular formula is C12H19N3O4. The molecule has 7 heteroatoms.